The van der Waals surface area contributed by atoms with E-state index in [2.05, 4.69) is 20.3 Å². The predicted molar refractivity (Wildman–Crippen MR) is 95.8 cm³/mol. The van der Waals surface area contributed by atoms with Crippen molar-refractivity contribution >= 4 is 45.0 Å². The quantitative estimate of drug-likeness (QED) is 0.734. The smallest absolute Gasteiger partial charge is 0.290 e. The minimum Gasteiger partial charge on any atom is -0.365 e. The zero-order chi connectivity index (χ0) is 16.8. The third-order valence-electron chi connectivity index (χ3n) is 4.25. The molecule has 8 heteroatoms. The molecule has 24 heavy (non-hydrogen) atoms. The lowest BCUT2D eigenvalue weighted by molar-refractivity contribution is 0.0649. The van der Waals surface area contributed by atoms with Crippen molar-refractivity contribution in [1.82, 2.24) is 19.9 Å². The molecule has 1 aromatic carbocycles. The van der Waals surface area contributed by atoms with Crippen LogP contribution in [0.25, 0.3) is 11.0 Å². The van der Waals surface area contributed by atoms with Crippen molar-refractivity contribution in [3.8, 4) is 0 Å². The first kappa shape index (κ1) is 15.4. The maximum atomic E-state index is 12.9. The summed E-state index contributed by atoms with van der Waals surface area (Å²) in [5.74, 6) is 0.214. The number of H-pyrrole nitrogens is 1. The Bertz CT molecular complexity index is 934. The predicted octanol–water partition coefficient (Wildman–Crippen LogP) is 3.30. The van der Waals surface area contributed by atoms with Crippen LogP contribution in [0.5, 0.6) is 0 Å². The molecule has 4 rings (SSSR count). The number of nitrogens with zero attached hydrogens (tertiary/aromatic N) is 3. The number of hydrogen-bond acceptors (Lipinski definition) is 5. The summed E-state index contributed by atoms with van der Waals surface area (Å²) < 4.78 is 0. The molecule has 6 nitrogen and oxygen atoms in total. The molecule has 2 aromatic heterocycles. The molecule has 0 spiro atoms. The van der Waals surface area contributed by atoms with Crippen LogP contribution in [0, 0.1) is 0 Å². The number of para-hydroxylation sites is 1. The molecule has 1 aliphatic rings. The van der Waals surface area contributed by atoms with E-state index in [0.29, 0.717) is 22.9 Å². The lowest BCUT2D eigenvalue weighted by Crippen LogP contribution is -2.42. The van der Waals surface area contributed by atoms with Gasteiger partial charge in [0.25, 0.3) is 5.91 Å². The Kier molecular flexibility index (Phi) is 3.69. The molecular weight excluding hydrogens is 346 g/mol. The molecule has 0 bridgehead atoms. The Hall–Kier alpha value is -2.12. The highest BCUT2D eigenvalue weighted by Gasteiger charge is 2.31. The summed E-state index contributed by atoms with van der Waals surface area (Å²) in [7, 11) is 1.86. The number of halogens is 1. The highest BCUT2D eigenvalue weighted by Crippen LogP contribution is 2.31. The van der Waals surface area contributed by atoms with E-state index in [0.717, 1.165) is 27.6 Å². The van der Waals surface area contributed by atoms with Gasteiger partial charge < -0.3 is 15.2 Å². The van der Waals surface area contributed by atoms with Crippen LogP contribution >= 0.6 is 22.9 Å². The summed E-state index contributed by atoms with van der Waals surface area (Å²) in [5, 5.41) is 4.50. The number of hydrogen-bond donors (Lipinski definition) is 2. The summed E-state index contributed by atoms with van der Waals surface area (Å²) in [6.07, 6.45) is 0.750. The number of aromatic nitrogens is 3. The van der Waals surface area contributed by atoms with E-state index in [1.165, 1.54) is 0 Å². The van der Waals surface area contributed by atoms with Crippen molar-refractivity contribution in [1.29, 1.82) is 0 Å². The number of imidazole rings is 1. The maximum absolute atomic E-state index is 12.9. The van der Waals surface area contributed by atoms with Gasteiger partial charge >= 0.3 is 0 Å². The molecule has 2 N–H and O–H groups in total. The van der Waals surface area contributed by atoms with Crippen LogP contribution < -0.4 is 5.32 Å². The van der Waals surface area contributed by atoms with Crippen molar-refractivity contribution in [3.05, 3.63) is 39.6 Å². The number of carbonyl (C=O) groups excluding carboxylic acids is 1. The van der Waals surface area contributed by atoms with E-state index in [9.17, 15) is 4.79 Å². The maximum Gasteiger partial charge on any atom is 0.290 e. The number of carbonyl (C=O) groups is 1. The van der Waals surface area contributed by atoms with E-state index >= 15 is 0 Å². The van der Waals surface area contributed by atoms with E-state index < -0.39 is 0 Å². The SMILES string of the molecule is CNc1nc2c(s1)CN(C(=O)c1nc3c(Cl)cccc3[nH]1)C(C)C2. The number of fused-ring (bicyclic) bond motifs is 2. The fourth-order valence-electron chi connectivity index (χ4n) is 2.98. The molecule has 3 heterocycles. The van der Waals surface area contributed by atoms with Gasteiger partial charge in [0, 0.05) is 24.4 Å². The molecule has 0 radical (unpaired) electrons. The Morgan fingerprint density at radius 1 is 1.46 bits per heavy atom. The highest BCUT2D eigenvalue weighted by atomic mass is 35.5. The van der Waals surface area contributed by atoms with Gasteiger partial charge in [-0.3, -0.25) is 4.79 Å². The second-order valence-electron chi connectivity index (χ2n) is 5.85. The Morgan fingerprint density at radius 2 is 2.29 bits per heavy atom. The summed E-state index contributed by atoms with van der Waals surface area (Å²) in [6.45, 7) is 2.59. The van der Waals surface area contributed by atoms with E-state index in [1.54, 1.807) is 17.4 Å². The molecule has 0 saturated heterocycles. The lowest BCUT2D eigenvalue weighted by Gasteiger charge is -2.31. The summed E-state index contributed by atoms with van der Waals surface area (Å²) in [6, 6.07) is 5.54. The molecule has 0 aliphatic carbocycles. The fraction of sp³-hybridized carbons (Fsp3) is 0.312. The average molecular weight is 362 g/mol. The topological polar surface area (TPSA) is 73.9 Å². The zero-order valence-electron chi connectivity index (χ0n) is 13.3. The van der Waals surface area contributed by atoms with Crippen molar-refractivity contribution in [3.63, 3.8) is 0 Å². The molecule has 1 unspecified atom stereocenters. The Labute approximate surface area is 147 Å². The second-order valence-corrected chi connectivity index (χ2v) is 7.34. The van der Waals surface area contributed by atoms with Crippen LogP contribution in [0.3, 0.4) is 0 Å². The molecule has 3 aromatic rings. The summed E-state index contributed by atoms with van der Waals surface area (Å²) >= 11 is 7.75. The largest absolute Gasteiger partial charge is 0.365 e. The minimum absolute atomic E-state index is 0.0699. The minimum atomic E-state index is -0.111. The van der Waals surface area contributed by atoms with E-state index in [-0.39, 0.29) is 11.9 Å². The monoisotopic (exact) mass is 361 g/mol. The second kappa shape index (κ2) is 5.75. The van der Waals surface area contributed by atoms with Crippen LogP contribution in [0.1, 0.15) is 28.1 Å². The first-order valence-corrected chi connectivity index (χ1v) is 8.87. The molecule has 0 saturated carbocycles. The van der Waals surface area contributed by atoms with E-state index in [4.69, 9.17) is 11.6 Å². The van der Waals surface area contributed by atoms with Gasteiger partial charge in [-0.05, 0) is 19.1 Å². The first-order valence-electron chi connectivity index (χ1n) is 7.68. The standard InChI is InChI=1S/C16H16ClN5OS/c1-8-6-11-12(24-16(18-2)20-11)7-22(8)15(23)14-19-10-5-3-4-9(17)13(10)21-14/h3-5,8H,6-7H2,1-2H3,(H,18,20)(H,19,21). The van der Waals surface area contributed by atoms with Crippen LogP contribution in [0.2, 0.25) is 5.02 Å². The number of thiazole rings is 1. The van der Waals surface area contributed by atoms with Crippen LogP contribution in [0.4, 0.5) is 5.13 Å². The number of nitrogens with one attached hydrogen (secondary N) is 2. The average Bonchev–Trinajstić information content (AvgIpc) is 3.17. The Morgan fingerprint density at radius 3 is 3.04 bits per heavy atom. The molecule has 0 fully saturated rings. The molecule has 1 amide bonds. The van der Waals surface area contributed by atoms with Crippen molar-refractivity contribution in [2.45, 2.75) is 25.9 Å². The van der Waals surface area contributed by atoms with Crippen molar-refractivity contribution in [2.75, 3.05) is 12.4 Å². The number of aromatic amines is 1. The van der Waals surface area contributed by atoms with Crippen molar-refractivity contribution in [2.24, 2.45) is 0 Å². The molecular formula is C16H16ClN5OS. The van der Waals surface area contributed by atoms with Gasteiger partial charge in [-0.15, -0.1) is 0 Å². The van der Waals surface area contributed by atoms with Gasteiger partial charge in [0.1, 0.15) is 5.52 Å². The van der Waals surface area contributed by atoms with Gasteiger partial charge in [0.2, 0.25) is 0 Å². The highest BCUT2D eigenvalue weighted by molar-refractivity contribution is 7.15. The summed E-state index contributed by atoms with van der Waals surface area (Å²) in [5.41, 5.74) is 2.48. The van der Waals surface area contributed by atoms with Crippen LogP contribution in [-0.2, 0) is 13.0 Å². The lowest BCUT2D eigenvalue weighted by atomic mass is 10.1. The van der Waals surface area contributed by atoms with E-state index in [1.807, 2.05) is 31.0 Å². The zero-order valence-corrected chi connectivity index (χ0v) is 14.8. The summed E-state index contributed by atoms with van der Waals surface area (Å²) in [4.78, 5) is 27.9. The van der Waals surface area contributed by atoms with Gasteiger partial charge in [0.05, 0.1) is 22.8 Å². The molecule has 124 valence electrons. The van der Waals surface area contributed by atoms with Gasteiger partial charge in [-0.2, -0.15) is 0 Å². The van der Waals surface area contributed by atoms with Crippen LogP contribution in [-0.4, -0.2) is 38.8 Å². The third-order valence-corrected chi connectivity index (χ3v) is 5.66. The van der Waals surface area contributed by atoms with Gasteiger partial charge in [-0.25, -0.2) is 9.97 Å². The molecule has 1 atom stereocenters. The molecule has 1 aliphatic heterocycles. The third kappa shape index (κ3) is 2.44. The van der Waals surface area contributed by atoms with Gasteiger partial charge in [0.15, 0.2) is 11.0 Å². The van der Waals surface area contributed by atoms with Crippen LogP contribution in [0.15, 0.2) is 18.2 Å². The Balaban J connectivity index is 1.66. The number of amides is 1. The number of benzene rings is 1. The first-order chi connectivity index (χ1) is 11.6. The number of rotatable bonds is 2. The fourth-order valence-corrected chi connectivity index (χ4v) is 4.14. The number of anilines is 1. The van der Waals surface area contributed by atoms with Crippen molar-refractivity contribution < 1.29 is 4.79 Å². The van der Waals surface area contributed by atoms with Gasteiger partial charge in [-0.1, -0.05) is 29.0 Å². The normalized spacial score (nSPS) is 17.1.